The molecule has 2 aromatic heterocycles. The fourth-order valence-electron chi connectivity index (χ4n) is 3.87. The molecular formula is C22H24N4O8. The lowest BCUT2D eigenvalue weighted by atomic mass is 9.76. The topological polar surface area (TPSA) is 163 Å². The van der Waals surface area contributed by atoms with Gasteiger partial charge >= 0.3 is 11.9 Å². The van der Waals surface area contributed by atoms with E-state index in [0.717, 1.165) is 14.2 Å². The van der Waals surface area contributed by atoms with Gasteiger partial charge in [0.05, 0.1) is 50.6 Å². The van der Waals surface area contributed by atoms with Crippen molar-refractivity contribution in [2.24, 2.45) is 14.1 Å². The van der Waals surface area contributed by atoms with E-state index in [-0.39, 0.29) is 0 Å². The first-order chi connectivity index (χ1) is 16.1. The molecular weight excluding hydrogens is 448 g/mol. The van der Waals surface area contributed by atoms with E-state index in [1.54, 1.807) is 14.1 Å². The molecule has 0 aromatic carbocycles. The number of Topliss-reactive ketones (excluding diaryl/α,β-unsaturated/α-hetero) is 2. The minimum absolute atomic E-state index is 0.352. The fourth-order valence-corrected chi connectivity index (χ4v) is 3.87. The maximum atomic E-state index is 13.3. The van der Waals surface area contributed by atoms with E-state index in [4.69, 9.17) is 9.47 Å². The predicted molar refractivity (Wildman–Crippen MR) is 114 cm³/mol. The molecule has 180 valence electrons. The monoisotopic (exact) mass is 472 g/mol. The van der Waals surface area contributed by atoms with Crippen LogP contribution in [-0.2, 0) is 42.7 Å². The van der Waals surface area contributed by atoms with Crippen LogP contribution in [0.25, 0.3) is 0 Å². The molecule has 3 rings (SSSR count). The van der Waals surface area contributed by atoms with Crippen LogP contribution in [0.4, 0.5) is 0 Å². The Hall–Kier alpha value is -4.22. The number of esters is 2. The summed E-state index contributed by atoms with van der Waals surface area (Å²) in [4.78, 5) is 50.7. The molecule has 12 heteroatoms. The second kappa shape index (κ2) is 9.73. The van der Waals surface area contributed by atoms with Gasteiger partial charge in [0.2, 0.25) is 11.6 Å². The van der Waals surface area contributed by atoms with Gasteiger partial charge in [0.25, 0.3) is 0 Å². The highest BCUT2D eigenvalue weighted by Gasteiger charge is 2.43. The first kappa shape index (κ1) is 24.4. The molecule has 0 saturated heterocycles. The van der Waals surface area contributed by atoms with Crippen LogP contribution in [0, 0.1) is 0 Å². The van der Waals surface area contributed by atoms with Crippen molar-refractivity contribution in [1.82, 2.24) is 19.6 Å². The number of ether oxygens (including phenoxy) is 2. The van der Waals surface area contributed by atoms with E-state index in [1.165, 1.54) is 34.2 Å². The number of aromatic nitrogens is 4. The second-order valence-electron chi connectivity index (χ2n) is 7.74. The molecule has 12 nitrogen and oxygen atoms in total. The number of allylic oxidation sites excluding steroid dienone is 2. The van der Waals surface area contributed by atoms with Crippen LogP contribution in [0.1, 0.15) is 35.8 Å². The van der Waals surface area contributed by atoms with Gasteiger partial charge in [-0.2, -0.15) is 10.2 Å². The number of ketones is 2. The third-order valence-electron chi connectivity index (χ3n) is 5.58. The number of rotatable bonds is 8. The molecule has 1 aliphatic carbocycles. The lowest BCUT2D eigenvalue weighted by Gasteiger charge is -2.26. The Morgan fingerprint density at radius 2 is 1.18 bits per heavy atom. The summed E-state index contributed by atoms with van der Waals surface area (Å²) in [5.41, 5.74) is -0.226. The van der Waals surface area contributed by atoms with Crippen LogP contribution in [0.2, 0.25) is 0 Å². The molecule has 0 unspecified atom stereocenters. The van der Waals surface area contributed by atoms with Gasteiger partial charge < -0.3 is 19.7 Å². The number of carbonyl (C=O) groups excluding carboxylic acids is 4. The summed E-state index contributed by atoms with van der Waals surface area (Å²) in [5.74, 6) is -7.61. The number of methoxy groups -OCH3 is 2. The third kappa shape index (κ3) is 4.60. The van der Waals surface area contributed by atoms with E-state index in [9.17, 15) is 29.4 Å². The highest BCUT2D eigenvalue weighted by molar-refractivity contribution is 6.24. The van der Waals surface area contributed by atoms with Crippen molar-refractivity contribution in [3.8, 4) is 0 Å². The molecule has 1 aliphatic rings. The zero-order chi connectivity index (χ0) is 25.2. The maximum Gasteiger partial charge on any atom is 0.306 e. The number of aliphatic hydroxyl groups excluding tert-OH is 2. The Balaban J connectivity index is 2.12. The quantitative estimate of drug-likeness (QED) is 0.417. The summed E-state index contributed by atoms with van der Waals surface area (Å²) in [7, 11) is 5.54. The zero-order valence-corrected chi connectivity index (χ0v) is 19.0. The molecule has 34 heavy (non-hydrogen) atoms. The third-order valence-corrected chi connectivity index (χ3v) is 5.58. The van der Waals surface area contributed by atoms with Gasteiger partial charge in [-0.15, -0.1) is 0 Å². The summed E-state index contributed by atoms with van der Waals surface area (Å²) in [5, 5.41) is 29.7. The van der Waals surface area contributed by atoms with E-state index in [1.807, 2.05) is 0 Å². The number of hydrogen-bond donors (Lipinski definition) is 2. The summed E-state index contributed by atoms with van der Waals surface area (Å²) in [6, 6.07) is 0. The molecule has 2 aromatic rings. The average Bonchev–Trinajstić information content (AvgIpc) is 3.44. The first-order valence-electron chi connectivity index (χ1n) is 10.1. The molecule has 0 radical (unpaired) electrons. The van der Waals surface area contributed by atoms with Crippen molar-refractivity contribution in [2.75, 3.05) is 14.2 Å². The SMILES string of the molecule is COC(=O)C[C@H](C1=C(O)C(=O)C([C@H](CC(=O)OC)c2cnn(C)c2)=C(O)C1=O)c1cnn(C)c1. The smallest absolute Gasteiger partial charge is 0.306 e. The van der Waals surface area contributed by atoms with Crippen molar-refractivity contribution in [1.29, 1.82) is 0 Å². The van der Waals surface area contributed by atoms with Gasteiger partial charge in [-0.25, -0.2) is 0 Å². The number of carbonyl (C=O) groups is 4. The van der Waals surface area contributed by atoms with Gasteiger partial charge in [-0.05, 0) is 11.1 Å². The summed E-state index contributed by atoms with van der Waals surface area (Å²) < 4.78 is 12.2. The minimum Gasteiger partial charge on any atom is -0.504 e. The van der Waals surface area contributed by atoms with Crippen LogP contribution in [0.3, 0.4) is 0 Å². The van der Waals surface area contributed by atoms with E-state index in [2.05, 4.69) is 10.2 Å². The summed E-state index contributed by atoms with van der Waals surface area (Å²) >= 11 is 0. The Bertz CT molecular complexity index is 1120. The average molecular weight is 472 g/mol. The standard InChI is InChI=1S/C22H24N4O8/c1-25-9-11(7-23-25)13(5-15(27)33-3)17-19(29)21(31)18(22(32)20(17)30)14(6-16(28)34-4)12-8-24-26(2)10-12/h7-10,13-14,29,32H,5-6H2,1-4H3/t13-,14+. The second-order valence-corrected chi connectivity index (χ2v) is 7.74. The summed E-state index contributed by atoms with van der Waals surface area (Å²) in [6.45, 7) is 0. The largest absolute Gasteiger partial charge is 0.504 e. The van der Waals surface area contributed by atoms with E-state index in [0.29, 0.717) is 11.1 Å². The van der Waals surface area contributed by atoms with E-state index < -0.39 is 70.8 Å². The molecule has 2 atom stereocenters. The van der Waals surface area contributed by atoms with Crippen molar-refractivity contribution in [2.45, 2.75) is 24.7 Å². The van der Waals surface area contributed by atoms with Crippen molar-refractivity contribution in [3.63, 3.8) is 0 Å². The number of aliphatic hydroxyl groups is 2. The predicted octanol–water partition coefficient (Wildman–Crippen LogP) is 0.923. The Morgan fingerprint density at radius 3 is 1.44 bits per heavy atom. The van der Waals surface area contributed by atoms with Crippen molar-refractivity contribution in [3.05, 3.63) is 58.6 Å². The van der Waals surface area contributed by atoms with Gasteiger partial charge in [0.15, 0.2) is 11.5 Å². The molecule has 2 heterocycles. The van der Waals surface area contributed by atoms with Gasteiger partial charge in [0, 0.05) is 38.3 Å². The normalized spacial score (nSPS) is 16.0. The van der Waals surface area contributed by atoms with Crippen molar-refractivity contribution >= 4 is 23.5 Å². The lowest BCUT2D eigenvalue weighted by Crippen LogP contribution is -2.31. The Labute approximate surface area is 194 Å². The molecule has 0 spiro atoms. The summed E-state index contributed by atoms with van der Waals surface area (Å²) in [6.07, 6.45) is 4.99. The van der Waals surface area contributed by atoms with Gasteiger partial charge in [-0.3, -0.25) is 28.5 Å². The number of nitrogens with zero attached hydrogens (tertiary/aromatic N) is 4. The maximum absolute atomic E-state index is 13.3. The minimum atomic E-state index is -1.11. The number of hydrogen-bond acceptors (Lipinski definition) is 10. The Morgan fingerprint density at radius 1 is 0.824 bits per heavy atom. The molecule has 0 fully saturated rings. The zero-order valence-electron chi connectivity index (χ0n) is 19.0. The lowest BCUT2D eigenvalue weighted by molar-refractivity contribution is -0.142. The van der Waals surface area contributed by atoms with E-state index >= 15 is 0 Å². The fraction of sp³-hybridized carbons (Fsp3) is 0.364. The highest BCUT2D eigenvalue weighted by atomic mass is 16.5. The van der Waals surface area contributed by atoms with Gasteiger partial charge in [-0.1, -0.05) is 0 Å². The molecule has 0 amide bonds. The van der Waals surface area contributed by atoms with Crippen LogP contribution in [0.15, 0.2) is 47.5 Å². The number of aryl methyl sites for hydroxylation is 2. The van der Waals surface area contributed by atoms with Crippen LogP contribution in [-0.4, -0.2) is 67.5 Å². The Kier molecular flexibility index (Phi) is 6.99. The molecule has 2 N–H and O–H groups in total. The molecule has 0 saturated carbocycles. The highest BCUT2D eigenvalue weighted by Crippen LogP contribution is 2.40. The molecule has 0 aliphatic heterocycles. The first-order valence-corrected chi connectivity index (χ1v) is 10.1. The van der Waals surface area contributed by atoms with Crippen LogP contribution < -0.4 is 0 Å². The van der Waals surface area contributed by atoms with Crippen LogP contribution >= 0.6 is 0 Å². The van der Waals surface area contributed by atoms with Gasteiger partial charge in [0.1, 0.15) is 0 Å². The van der Waals surface area contributed by atoms with Crippen LogP contribution in [0.5, 0.6) is 0 Å². The molecule has 0 bridgehead atoms. The van der Waals surface area contributed by atoms with Crippen molar-refractivity contribution < 1.29 is 38.9 Å².